The first kappa shape index (κ1) is 21.5. The SMILES string of the molecule is COc1cc(C(=O)N2CCN(c3ccc(C)cc3C)CC2)ccc1N1CCCS1(=O)=O. The summed E-state index contributed by atoms with van der Waals surface area (Å²) in [4.78, 5) is 17.3. The number of amides is 1. The molecule has 0 atom stereocenters. The lowest BCUT2D eigenvalue weighted by atomic mass is 10.1. The van der Waals surface area contributed by atoms with E-state index in [0.29, 0.717) is 43.1 Å². The number of benzene rings is 2. The summed E-state index contributed by atoms with van der Waals surface area (Å²) in [7, 11) is -1.81. The number of hydrogen-bond donors (Lipinski definition) is 0. The molecule has 2 aliphatic rings. The van der Waals surface area contributed by atoms with Crippen molar-refractivity contribution >= 4 is 27.3 Å². The van der Waals surface area contributed by atoms with Gasteiger partial charge in [0.15, 0.2) is 0 Å². The second-order valence-corrected chi connectivity index (χ2v) is 10.2. The normalized spacial score (nSPS) is 18.4. The van der Waals surface area contributed by atoms with E-state index in [1.54, 1.807) is 18.2 Å². The highest BCUT2D eigenvalue weighted by Gasteiger charge is 2.31. The summed E-state index contributed by atoms with van der Waals surface area (Å²) in [6.45, 7) is 7.47. The minimum absolute atomic E-state index is 0.0607. The van der Waals surface area contributed by atoms with Crippen LogP contribution in [0.1, 0.15) is 27.9 Å². The monoisotopic (exact) mass is 443 g/mol. The number of methoxy groups -OCH3 is 1. The fraction of sp³-hybridized carbons (Fsp3) is 0.435. The van der Waals surface area contributed by atoms with E-state index >= 15 is 0 Å². The number of anilines is 2. The molecule has 0 aromatic heterocycles. The second-order valence-electron chi connectivity index (χ2n) is 8.20. The molecule has 31 heavy (non-hydrogen) atoms. The number of sulfonamides is 1. The maximum Gasteiger partial charge on any atom is 0.254 e. The summed E-state index contributed by atoms with van der Waals surface area (Å²) in [5.74, 6) is 0.487. The van der Waals surface area contributed by atoms with Gasteiger partial charge < -0.3 is 14.5 Å². The van der Waals surface area contributed by atoms with Gasteiger partial charge >= 0.3 is 0 Å². The Kier molecular flexibility index (Phi) is 5.83. The molecule has 166 valence electrons. The van der Waals surface area contributed by atoms with Gasteiger partial charge in [-0.25, -0.2) is 8.42 Å². The van der Waals surface area contributed by atoms with Crippen molar-refractivity contribution in [2.24, 2.45) is 0 Å². The molecule has 2 saturated heterocycles. The van der Waals surface area contributed by atoms with Crippen molar-refractivity contribution in [3.05, 3.63) is 53.1 Å². The third-order valence-corrected chi connectivity index (χ3v) is 7.91. The predicted octanol–water partition coefficient (Wildman–Crippen LogP) is 2.81. The lowest BCUT2D eigenvalue weighted by molar-refractivity contribution is 0.0746. The summed E-state index contributed by atoms with van der Waals surface area (Å²) in [5.41, 5.74) is 4.72. The standard InChI is InChI=1S/C23H29N3O4S/c1-17-5-7-20(18(2)15-17)24-10-12-25(13-11-24)23(27)19-6-8-21(22(16-19)30-3)26-9-4-14-31(26,28)29/h5-8,15-16H,4,9-14H2,1-3H3. The maximum atomic E-state index is 13.1. The highest BCUT2D eigenvalue weighted by atomic mass is 32.2. The molecule has 2 aliphatic heterocycles. The molecular weight excluding hydrogens is 414 g/mol. The molecule has 7 nitrogen and oxygen atoms in total. The minimum atomic E-state index is -3.31. The van der Waals surface area contributed by atoms with Crippen LogP contribution in [0.2, 0.25) is 0 Å². The van der Waals surface area contributed by atoms with E-state index in [9.17, 15) is 13.2 Å². The Bertz CT molecular complexity index is 1090. The quantitative estimate of drug-likeness (QED) is 0.727. The molecule has 8 heteroatoms. The fourth-order valence-corrected chi connectivity index (χ4v) is 5.99. The number of hydrogen-bond acceptors (Lipinski definition) is 5. The van der Waals surface area contributed by atoms with Gasteiger partial charge in [0.05, 0.1) is 18.6 Å². The van der Waals surface area contributed by atoms with E-state index in [2.05, 4.69) is 36.9 Å². The number of nitrogens with zero attached hydrogens (tertiary/aromatic N) is 3. The molecular formula is C23H29N3O4S. The van der Waals surface area contributed by atoms with Gasteiger partial charge in [-0.2, -0.15) is 0 Å². The lowest BCUT2D eigenvalue weighted by Crippen LogP contribution is -2.49. The third-order valence-electron chi connectivity index (χ3n) is 6.05. The van der Waals surface area contributed by atoms with Crippen molar-refractivity contribution in [1.29, 1.82) is 0 Å². The molecule has 0 aliphatic carbocycles. The molecule has 2 aromatic carbocycles. The van der Waals surface area contributed by atoms with Crippen LogP contribution in [0, 0.1) is 13.8 Å². The molecule has 1 amide bonds. The first-order valence-corrected chi connectivity index (χ1v) is 12.2. The molecule has 0 saturated carbocycles. The van der Waals surface area contributed by atoms with Crippen molar-refractivity contribution in [2.75, 3.05) is 54.8 Å². The minimum Gasteiger partial charge on any atom is -0.495 e. The van der Waals surface area contributed by atoms with Crippen molar-refractivity contribution in [1.82, 2.24) is 4.90 Å². The molecule has 0 N–H and O–H groups in total. The lowest BCUT2D eigenvalue weighted by Gasteiger charge is -2.37. The molecule has 4 rings (SSSR count). The van der Waals surface area contributed by atoms with Crippen LogP contribution in [0.25, 0.3) is 0 Å². The topological polar surface area (TPSA) is 70.2 Å². The summed E-state index contributed by atoms with van der Waals surface area (Å²) in [6, 6.07) is 11.5. The number of rotatable bonds is 4. The number of aryl methyl sites for hydroxylation is 2. The number of ether oxygens (including phenoxy) is 1. The van der Waals surface area contributed by atoms with Gasteiger partial charge in [0, 0.05) is 44.0 Å². The van der Waals surface area contributed by atoms with E-state index in [-0.39, 0.29) is 11.7 Å². The van der Waals surface area contributed by atoms with Gasteiger partial charge in [0.1, 0.15) is 5.75 Å². The number of piperazine rings is 1. The van der Waals surface area contributed by atoms with Crippen LogP contribution in [0.4, 0.5) is 11.4 Å². The molecule has 0 radical (unpaired) electrons. The van der Waals surface area contributed by atoms with Crippen LogP contribution in [-0.2, 0) is 10.0 Å². The molecule has 0 unspecified atom stereocenters. The van der Waals surface area contributed by atoms with Gasteiger partial charge in [-0.3, -0.25) is 9.10 Å². The Morgan fingerprint density at radius 2 is 1.65 bits per heavy atom. The largest absolute Gasteiger partial charge is 0.495 e. The Morgan fingerprint density at radius 1 is 0.935 bits per heavy atom. The zero-order valence-corrected chi connectivity index (χ0v) is 19.1. The summed E-state index contributed by atoms with van der Waals surface area (Å²) in [6.07, 6.45) is 0.594. The zero-order valence-electron chi connectivity index (χ0n) is 18.3. The Morgan fingerprint density at radius 3 is 2.26 bits per heavy atom. The van der Waals surface area contributed by atoms with Gasteiger partial charge in [0.2, 0.25) is 10.0 Å². The number of carbonyl (C=O) groups excluding carboxylic acids is 1. The Hall–Kier alpha value is -2.74. The van der Waals surface area contributed by atoms with Crippen LogP contribution in [0.5, 0.6) is 5.75 Å². The van der Waals surface area contributed by atoms with E-state index in [1.165, 1.54) is 28.2 Å². The highest BCUT2D eigenvalue weighted by molar-refractivity contribution is 7.93. The Labute approximate surface area is 184 Å². The van der Waals surface area contributed by atoms with Gasteiger partial charge in [-0.05, 0) is 50.1 Å². The van der Waals surface area contributed by atoms with Gasteiger partial charge in [-0.1, -0.05) is 17.7 Å². The molecule has 2 aromatic rings. The summed E-state index contributed by atoms with van der Waals surface area (Å²) < 4.78 is 31.4. The predicted molar refractivity (Wildman–Crippen MR) is 123 cm³/mol. The van der Waals surface area contributed by atoms with Crippen LogP contribution in [0.15, 0.2) is 36.4 Å². The van der Waals surface area contributed by atoms with Gasteiger partial charge in [-0.15, -0.1) is 0 Å². The second kappa shape index (κ2) is 8.42. The van der Waals surface area contributed by atoms with E-state index in [4.69, 9.17) is 4.74 Å². The first-order chi connectivity index (χ1) is 14.8. The first-order valence-electron chi connectivity index (χ1n) is 10.6. The highest BCUT2D eigenvalue weighted by Crippen LogP contribution is 2.34. The molecule has 2 fully saturated rings. The van der Waals surface area contributed by atoms with Gasteiger partial charge in [0.25, 0.3) is 5.91 Å². The van der Waals surface area contributed by atoms with Crippen molar-refractivity contribution < 1.29 is 17.9 Å². The van der Waals surface area contributed by atoms with Crippen molar-refractivity contribution in [3.8, 4) is 5.75 Å². The summed E-state index contributed by atoms with van der Waals surface area (Å²) in [5, 5.41) is 0. The van der Waals surface area contributed by atoms with Crippen LogP contribution in [-0.4, -0.2) is 64.8 Å². The van der Waals surface area contributed by atoms with Crippen LogP contribution >= 0.6 is 0 Å². The van der Waals surface area contributed by atoms with E-state index in [1.807, 2.05) is 4.90 Å². The van der Waals surface area contributed by atoms with Crippen LogP contribution < -0.4 is 13.9 Å². The Balaban J connectivity index is 1.48. The zero-order chi connectivity index (χ0) is 22.2. The fourth-order valence-electron chi connectivity index (χ4n) is 4.42. The molecule has 0 spiro atoms. The number of carbonyl (C=O) groups is 1. The molecule has 0 bridgehead atoms. The van der Waals surface area contributed by atoms with E-state index in [0.717, 1.165) is 13.1 Å². The van der Waals surface area contributed by atoms with Crippen molar-refractivity contribution in [3.63, 3.8) is 0 Å². The van der Waals surface area contributed by atoms with Crippen LogP contribution in [0.3, 0.4) is 0 Å². The average Bonchev–Trinajstić information content (AvgIpc) is 3.11. The average molecular weight is 444 g/mol. The third kappa shape index (κ3) is 4.21. The smallest absolute Gasteiger partial charge is 0.254 e. The van der Waals surface area contributed by atoms with E-state index < -0.39 is 10.0 Å². The maximum absolute atomic E-state index is 13.1. The molecule has 2 heterocycles. The summed E-state index contributed by atoms with van der Waals surface area (Å²) >= 11 is 0. The van der Waals surface area contributed by atoms with Crippen molar-refractivity contribution in [2.45, 2.75) is 20.3 Å².